The first kappa shape index (κ1) is 13.5. The van der Waals surface area contributed by atoms with E-state index in [0.29, 0.717) is 11.3 Å². The van der Waals surface area contributed by atoms with Crippen molar-refractivity contribution in [3.05, 3.63) is 29.3 Å². The molecule has 1 aromatic carbocycles. The molecule has 0 aliphatic heterocycles. The molecule has 0 aliphatic rings. The highest BCUT2D eigenvalue weighted by molar-refractivity contribution is 7.90. The zero-order valence-corrected chi connectivity index (χ0v) is 11.0. The van der Waals surface area contributed by atoms with Gasteiger partial charge in [0.15, 0.2) is 0 Å². The van der Waals surface area contributed by atoms with Crippen LogP contribution < -0.4 is 5.32 Å². The number of nitrogens with one attached hydrogen (secondary N) is 1. The lowest BCUT2D eigenvalue weighted by molar-refractivity contribution is 0.598. The minimum atomic E-state index is -3.02. The van der Waals surface area contributed by atoms with Crippen molar-refractivity contribution in [2.75, 3.05) is 17.3 Å². The van der Waals surface area contributed by atoms with E-state index in [1.807, 2.05) is 13.0 Å². The average molecular weight is 252 g/mol. The molecule has 17 heavy (non-hydrogen) atoms. The van der Waals surface area contributed by atoms with Gasteiger partial charge >= 0.3 is 0 Å². The first-order valence-electron chi connectivity index (χ1n) is 5.27. The number of hydrogen-bond donors (Lipinski definition) is 1. The zero-order valence-electron chi connectivity index (χ0n) is 10.2. The summed E-state index contributed by atoms with van der Waals surface area (Å²) in [6, 6.07) is 7.33. The minimum Gasteiger partial charge on any atom is -0.380 e. The van der Waals surface area contributed by atoms with Gasteiger partial charge in [0, 0.05) is 12.3 Å². The molecule has 1 atom stereocenters. The van der Waals surface area contributed by atoms with Crippen LogP contribution in [0.2, 0.25) is 0 Å². The fraction of sp³-hybridized carbons (Fsp3) is 0.417. The monoisotopic (exact) mass is 252 g/mol. The Labute approximate surface area is 102 Å². The second kappa shape index (κ2) is 5.19. The van der Waals surface area contributed by atoms with E-state index in [9.17, 15) is 8.42 Å². The molecule has 0 spiro atoms. The average Bonchev–Trinajstić information content (AvgIpc) is 2.17. The molecule has 0 saturated carbocycles. The smallest absolute Gasteiger partial charge is 0.149 e. The lowest BCUT2D eigenvalue weighted by Gasteiger charge is -2.15. The van der Waals surface area contributed by atoms with E-state index in [0.717, 1.165) is 5.56 Å². The molecule has 0 saturated heterocycles. The molecule has 1 aromatic rings. The Kier molecular flexibility index (Phi) is 4.13. The van der Waals surface area contributed by atoms with Crippen molar-refractivity contribution in [3.63, 3.8) is 0 Å². The molecule has 0 aromatic heterocycles. The number of rotatable bonds is 4. The number of anilines is 1. The normalized spacial score (nSPS) is 12.8. The molecule has 1 N–H and O–H groups in total. The van der Waals surface area contributed by atoms with Gasteiger partial charge in [0.05, 0.1) is 17.0 Å². The molecule has 1 unspecified atom stereocenters. The van der Waals surface area contributed by atoms with Gasteiger partial charge in [-0.15, -0.1) is 0 Å². The van der Waals surface area contributed by atoms with E-state index in [2.05, 4.69) is 11.4 Å². The van der Waals surface area contributed by atoms with Crippen LogP contribution in [0.25, 0.3) is 0 Å². The van der Waals surface area contributed by atoms with Gasteiger partial charge in [-0.2, -0.15) is 5.26 Å². The first-order valence-corrected chi connectivity index (χ1v) is 7.33. The highest BCUT2D eigenvalue weighted by atomic mass is 32.2. The molecule has 5 heteroatoms. The molecule has 1 rings (SSSR count). The lowest BCUT2D eigenvalue weighted by Crippen LogP contribution is -2.25. The van der Waals surface area contributed by atoms with E-state index in [4.69, 9.17) is 5.26 Å². The minimum absolute atomic E-state index is 0.0474. The third-order valence-electron chi connectivity index (χ3n) is 2.25. The summed E-state index contributed by atoms with van der Waals surface area (Å²) in [5.41, 5.74) is 2.21. The van der Waals surface area contributed by atoms with E-state index >= 15 is 0 Å². The SMILES string of the molecule is Cc1ccc(NC(C)CS(C)(=O)=O)c(C#N)c1. The van der Waals surface area contributed by atoms with Gasteiger partial charge in [0.1, 0.15) is 15.9 Å². The fourth-order valence-corrected chi connectivity index (χ4v) is 2.63. The summed E-state index contributed by atoms with van der Waals surface area (Å²) in [6.45, 7) is 3.69. The molecule has 0 bridgehead atoms. The standard InChI is InChI=1S/C12H16N2O2S/c1-9-4-5-12(11(6-9)7-13)14-10(2)8-17(3,15)16/h4-6,10,14H,8H2,1-3H3. The molecule has 0 heterocycles. The molecule has 0 radical (unpaired) electrons. The van der Waals surface area contributed by atoms with Crippen LogP contribution in [0.1, 0.15) is 18.1 Å². The number of aryl methyl sites for hydroxylation is 1. The predicted octanol–water partition coefficient (Wildman–Crippen LogP) is 1.71. The van der Waals surface area contributed by atoms with Crippen LogP contribution in [0.5, 0.6) is 0 Å². The van der Waals surface area contributed by atoms with Crippen molar-refractivity contribution in [2.24, 2.45) is 0 Å². The summed E-state index contributed by atoms with van der Waals surface area (Å²) in [4.78, 5) is 0. The first-order chi connectivity index (χ1) is 7.81. The highest BCUT2D eigenvalue weighted by Crippen LogP contribution is 2.17. The van der Waals surface area contributed by atoms with Gasteiger partial charge in [-0.05, 0) is 31.5 Å². The van der Waals surface area contributed by atoms with Gasteiger partial charge in [0.25, 0.3) is 0 Å². The largest absolute Gasteiger partial charge is 0.380 e. The highest BCUT2D eigenvalue weighted by Gasteiger charge is 2.11. The van der Waals surface area contributed by atoms with Crippen molar-refractivity contribution in [3.8, 4) is 6.07 Å². The summed E-state index contributed by atoms with van der Waals surface area (Å²) in [7, 11) is -3.02. The molecule has 0 aliphatic carbocycles. The third-order valence-corrected chi connectivity index (χ3v) is 3.36. The second-order valence-corrected chi connectivity index (χ2v) is 6.48. The fourth-order valence-electron chi connectivity index (χ4n) is 1.64. The van der Waals surface area contributed by atoms with E-state index in [-0.39, 0.29) is 11.8 Å². The number of nitriles is 1. The van der Waals surface area contributed by atoms with Crippen LogP contribution in [0.4, 0.5) is 5.69 Å². The van der Waals surface area contributed by atoms with Gasteiger partial charge in [0.2, 0.25) is 0 Å². The number of nitrogens with zero attached hydrogens (tertiary/aromatic N) is 1. The quantitative estimate of drug-likeness (QED) is 0.885. The van der Waals surface area contributed by atoms with Crippen molar-refractivity contribution < 1.29 is 8.42 Å². The summed E-state index contributed by atoms with van der Waals surface area (Å²) >= 11 is 0. The predicted molar refractivity (Wildman–Crippen MR) is 68.7 cm³/mol. The zero-order chi connectivity index (χ0) is 13.1. The molecular weight excluding hydrogens is 236 g/mol. The lowest BCUT2D eigenvalue weighted by atomic mass is 10.1. The number of hydrogen-bond acceptors (Lipinski definition) is 4. The maximum absolute atomic E-state index is 11.1. The Balaban J connectivity index is 2.86. The van der Waals surface area contributed by atoms with Gasteiger partial charge in [-0.1, -0.05) is 6.07 Å². The topological polar surface area (TPSA) is 70.0 Å². The summed E-state index contributed by atoms with van der Waals surface area (Å²) in [5, 5.41) is 12.0. The Morgan fingerprint density at radius 1 is 1.47 bits per heavy atom. The molecule has 92 valence electrons. The number of sulfone groups is 1. The van der Waals surface area contributed by atoms with Crippen molar-refractivity contribution >= 4 is 15.5 Å². The molecule has 0 amide bonds. The van der Waals surface area contributed by atoms with E-state index in [1.54, 1.807) is 19.1 Å². The summed E-state index contributed by atoms with van der Waals surface area (Å²) in [6.07, 6.45) is 1.20. The maximum atomic E-state index is 11.1. The molecule has 0 fully saturated rings. The van der Waals surface area contributed by atoms with E-state index in [1.165, 1.54) is 6.26 Å². The van der Waals surface area contributed by atoms with Gasteiger partial charge < -0.3 is 5.32 Å². The number of benzene rings is 1. The van der Waals surface area contributed by atoms with Crippen molar-refractivity contribution in [2.45, 2.75) is 19.9 Å². The Hall–Kier alpha value is -1.54. The Bertz CT molecular complexity index is 544. The van der Waals surface area contributed by atoms with Crippen molar-refractivity contribution in [1.29, 1.82) is 5.26 Å². The van der Waals surface area contributed by atoms with E-state index < -0.39 is 9.84 Å². The van der Waals surface area contributed by atoms with Crippen LogP contribution in [-0.2, 0) is 9.84 Å². The Morgan fingerprint density at radius 3 is 2.65 bits per heavy atom. The van der Waals surface area contributed by atoms with Crippen LogP contribution in [0, 0.1) is 18.3 Å². The Morgan fingerprint density at radius 2 is 2.12 bits per heavy atom. The third kappa shape index (κ3) is 4.45. The van der Waals surface area contributed by atoms with Crippen LogP contribution >= 0.6 is 0 Å². The van der Waals surface area contributed by atoms with Crippen LogP contribution in [-0.4, -0.2) is 26.5 Å². The van der Waals surface area contributed by atoms with Gasteiger partial charge in [-0.3, -0.25) is 0 Å². The molecule has 4 nitrogen and oxygen atoms in total. The van der Waals surface area contributed by atoms with Gasteiger partial charge in [-0.25, -0.2) is 8.42 Å². The second-order valence-electron chi connectivity index (χ2n) is 4.30. The van der Waals surface area contributed by atoms with Crippen LogP contribution in [0.15, 0.2) is 18.2 Å². The summed E-state index contributed by atoms with van der Waals surface area (Å²) in [5.74, 6) is 0.0474. The maximum Gasteiger partial charge on any atom is 0.149 e. The van der Waals surface area contributed by atoms with Crippen molar-refractivity contribution in [1.82, 2.24) is 0 Å². The molecular formula is C12H16N2O2S. The van der Waals surface area contributed by atoms with Crippen LogP contribution in [0.3, 0.4) is 0 Å². The summed E-state index contributed by atoms with van der Waals surface area (Å²) < 4.78 is 22.3.